The van der Waals surface area contributed by atoms with Crippen molar-refractivity contribution in [3.8, 4) is 0 Å². The second-order valence-electron chi connectivity index (χ2n) is 3.06. The molecule has 4 N–H and O–H groups in total. The van der Waals surface area contributed by atoms with Gasteiger partial charge in [0.15, 0.2) is 0 Å². The zero-order valence-corrected chi connectivity index (χ0v) is 20.6. The number of carboxylic acids is 4. The van der Waals surface area contributed by atoms with E-state index in [0.29, 0.717) is 0 Å². The Morgan fingerprint density at radius 3 is 0.652 bits per heavy atom. The van der Waals surface area contributed by atoms with Gasteiger partial charge in [0.2, 0.25) is 0 Å². The number of carbonyl (C=O) groups is 4. The fraction of sp³-hybridized carbons (Fsp3) is 0.500. The number of hydrogen-bond donors (Lipinski definition) is 4. The second-order valence-corrected chi connectivity index (χ2v) is 3.06. The van der Waals surface area contributed by atoms with E-state index < -0.39 is 48.3 Å². The topological polar surface area (TPSA) is 241 Å². The van der Waals surface area contributed by atoms with Gasteiger partial charge >= 0.3 is 127 Å². The number of aliphatic hydroxyl groups is 4. The number of carboxylic acid groups (broad SMARTS) is 4. The summed E-state index contributed by atoms with van der Waals surface area (Å²) >= 11 is 0. The van der Waals surface area contributed by atoms with Crippen molar-refractivity contribution in [1.29, 1.82) is 0 Å². The zero-order chi connectivity index (χ0) is 16.6. The Labute approximate surface area is 231 Å². The maximum atomic E-state index is 9.63. The maximum absolute atomic E-state index is 9.63. The minimum atomic E-state index is -2.44. The predicted molar refractivity (Wildman–Crippen MR) is 49.8 cm³/mol. The van der Waals surface area contributed by atoms with Crippen molar-refractivity contribution < 1.29 is 163 Å². The van der Waals surface area contributed by atoms with Gasteiger partial charge < -0.3 is 60.0 Å². The van der Waals surface area contributed by atoms with Crippen LogP contribution in [-0.4, -0.2) is 93.1 Å². The molecule has 0 aliphatic heterocycles. The molecule has 0 aliphatic rings. The first-order valence-electron chi connectivity index (χ1n) is 4.49. The summed E-state index contributed by atoms with van der Waals surface area (Å²) in [6.07, 6.45) is -9.76. The standard InChI is InChI=1S/2C4H6O6.2K.Sb/c2*5-1(3(7)8)2(6)4(9)10;;;/h2*1-2,5-6H,(H,7,8)(H,9,10);;;/q;;2*+1;+3/p-4. The maximum Gasteiger partial charge on any atom is 3.00 e. The van der Waals surface area contributed by atoms with Crippen LogP contribution in [0.15, 0.2) is 0 Å². The van der Waals surface area contributed by atoms with E-state index in [0.717, 1.165) is 0 Å². The Morgan fingerprint density at radius 1 is 0.522 bits per heavy atom. The first-order valence-corrected chi connectivity index (χ1v) is 4.49. The molecule has 0 spiro atoms. The molecule has 12 nitrogen and oxygen atoms in total. The van der Waals surface area contributed by atoms with Crippen molar-refractivity contribution in [2.75, 3.05) is 0 Å². The number of aliphatic hydroxyl groups excluding tert-OH is 4. The minimum absolute atomic E-state index is 0. The van der Waals surface area contributed by atoms with Crippen molar-refractivity contribution in [1.82, 2.24) is 0 Å². The van der Waals surface area contributed by atoms with Crippen LogP contribution in [0.5, 0.6) is 0 Å². The van der Waals surface area contributed by atoms with Crippen molar-refractivity contribution in [3.05, 3.63) is 0 Å². The molecule has 0 aromatic rings. The van der Waals surface area contributed by atoms with Gasteiger partial charge in [-0.3, -0.25) is 0 Å². The molecular weight excluding hydrogens is 488 g/mol. The Morgan fingerprint density at radius 2 is 0.609 bits per heavy atom. The summed E-state index contributed by atoms with van der Waals surface area (Å²) in [5.74, 6) is -8.23. The van der Waals surface area contributed by atoms with Crippen LogP contribution in [0.1, 0.15) is 0 Å². The summed E-state index contributed by atoms with van der Waals surface area (Å²) in [5.41, 5.74) is 0. The van der Waals surface area contributed by atoms with Gasteiger partial charge in [-0.1, -0.05) is 0 Å². The van der Waals surface area contributed by atoms with Gasteiger partial charge in [0, 0.05) is 0 Å². The Balaban J connectivity index is -0.0000000831. The van der Waals surface area contributed by atoms with E-state index in [1.54, 1.807) is 0 Å². The summed E-state index contributed by atoms with van der Waals surface area (Å²) in [7, 11) is 0. The predicted octanol–water partition coefficient (Wildman–Crippen LogP) is -16.0. The zero-order valence-electron chi connectivity index (χ0n) is 11.8. The average molecular weight is 496 g/mol. The molecule has 0 aromatic heterocycles. The van der Waals surface area contributed by atoms with E-state index in [4.69, 9.17) is 20.4 Å². The van der Waals surface area contributed by atoms with Crippen LogP contribution in [0, 0.1) is 0 Å². The molecule has 2 radical (unpaired) electrons. The first-order chi connectivity index (χ1) is 8.93. The van der Waals surface area contributed by atoms with Gasteiger partial charge in [0.25, 0.3) is 0 Å². The van der Waals surface area contributed by atoms with Crippen molar-refractivity contribution in [2.24, 2.45) is 0 Å². The van der Waals surface area contributed by atoms with Gasteiger partial charge in [0.05, 0.1) is 23.9 Å². The smallest absolute Gasteiger partial charge is 0.547 e. The summed E-state index contributed by atoms with van der Waals surface area (Å²) in [6, 6.07) is 0. The van der Waals surface area contributed by atoms with Crippen LogP contribution in [0.3, 0.4) is 0 Å². The summed E-state index contributed by atoms with van der Waals surface area (Å²) in [4.78, 5) is 38.5. The van der Waals surface area contributed by atoms with Gasteiger partial charge in [0.1, 0.15) is 24.4 Å². The van der Waals surface area contributed by atoms with E-state index >= 15 is 0 Å². The van der Waals surface area contributed by atoms with Crippen molar-refractivity contribution >= 4 is 48.3 Å². The number of aliphatic carboxylic acids is 4. The average Bonchev–Trinajstić information content (AvgIpc) is 2.35. The molecule has 0 bridgehead atoms. The van der Waals surface area contributed by atoms with Crippen LogP contribution < -0.4 is 123 Å². The second kappa shape index (κ2) is 18.6. The Kier molecular flexibility index (Phi) is 29.0. The molecule has 0 heterocycles. The normalized spacial score (nSPS) is 13.7. The van der Waals surface area contributed by atoms with E-state index in [2.05, 4.69) is 0 Å². The number of carbonyl (C=O) groups excluding carboxylic acids is 4. The molecule has 0 saturated heterocycles. The number of hydrogen-bond acceptors (Lipinski definition) is 12. The molecule has 0 fully saturated rings. The summed E-state index contributed by atoms with van der Waals surface area (Å²) in [5, 5.41) is 71.5. The largest absolute Gasteiger partial charge is 3.00 e. The van der Waals surface area contributed by atoms with Gasteiger partial charge in [-0.25, -0.2) is 0 Å². The van der Waals surface area contributed by atoms with Crippen LogP contribution >= 0.6 is 0 Å². The van der Waals surface area contributed by atoms with E-state index in [-0.39, 0.29) is 127 Å². The fourth-order valence-corrected chi connectivity index (χ4v) is 0.516. The summed E-state index contributed by atoms with van der Waals surface area (Å²) < 4.78 is 0. The van der Waals surface area contributed by atoms with Gasteiger partial charge in [-0.05, 0) is 0 Å². The van der Waals surface area contributed by atoms with Crippen molar-refractivity contribution in [3.63, 3.8) is 0 Å². The van der Waals surface area contributed by atoms with Crippen LogP contribution in [-0.2, 0) is 19.2 Å². The fourth-order valence-electron chi connectivity index (χ4n) is 0.516. The third kappa shape index (κ3) is 17.0. The molecule has 0 saturated carbocycles. The van der Waals surface area contributed by atoms with Gasteiger partial charge in [-0.2, -0.15) is 0 Å². The molecule has 118 valence electrons. The molecule has 0 aliphatic carbocycles. The van der Waals surface area contributed by atoms with E-state index in [1.165, 1.54) is 0 Å². The molecular formula is C8H8K2O12Sb+. The first kappa shape index (κ1) is 35.8. The molecule has 0 amide bonds. The molecule has 15 heteroatoms. The molecule has 0 aromatic carbocycles. The van der Waals surface area contributed by atoms with Crippen LogP contribution in [0.25, 0.3) is 0 Å². The Hall–Kier alpha value is 1.81. The molecule has 0 rings (SSSR count). The summed E-state index contributed by atoms with van der Waals surface area (Å²) in [6.45, 7) is 0. The third-order valence-electron chi connectivity index (χ3n) is 1.56. The monoisotopic (exact) mass is 495 g/mol. The third-order valence-corrected chi connectivity index (χ3v) is 1.56. The SMILES string of the molecule is O=C([O-])C(O)C(O)C(=O)[O-].O=C([O-])C(O)C(O)C(=O)[O-].[K+].[K+].[Sb+3]. The molecule has 4 unspecified atom stereocenters. The van der Waals surface area contributed by atoms with E-state index in [9.17, 15) is 39.6 Å². The van der Waals surface area contributed by atoms with Crippen LogP contribution in [0.2, 0.25) is 0 Å². The number of rotatable bonds is 6. The van der Waals surface area contributed by atoms with Crippen molar-refractivity contribution in [2.45, 2.75) is 24.4 Å². The Bertz CT molecular complexity index is 319. The van der Waals surface area contributed by atoms with Crippen LogP contribution in [0.4, 0.5) is 0 Å². The van der Waals surface area contributed by atoms with E-state index in [1.807, 2.05) is 0 Å². The quantitative estimate of drug-likeness (QED) is 0.251. The van der Waals surface area contributed by atoms with Gasteiger partial charge in [-0.15, -0.1) is 0 Å². The molecule has 23 heavy (non-hydrogen) atoms. The minimum Gasteiger partial charge on any atom is -0.547 e. The molecule has 4 atom stereocenters.